The summed E-state index contributed by atoms with van der Waals surface area (Å²) in [6.45, 7) is 5.57. The molecule has 0 saturated carbocycles. The van der Waals surface area contributed by atoms with Crippen molar-refractivity contribution >= 4 is 23.4 Å². The lowest BCUT2D eigenvalue weighted by Crippen LogP contribution is -2.12. The first kappa shape index (κ1) is 22.9. The molecule has 164 valence electrons. The number of thioether (sulfide) groups is 1. The maximum Gasteiger partial charge on any atom is 0.220 e. The van der Waals surface area contributed by atoms with E-state index < -0.39 is 5.25 Å². The number of aryl methyl sites for hydroxylation is 3. The first-order chi connectivity index (χ1) is 14.7. The topological polar surface area (TPSA) is 92.3 Å². The maximum atomic E-state index is 11.5. The molecule has 1 aromatic heterocycles. The zero-order chi connectivity index (χ0) is 22.7. The lowest BCUT2D eigenvalue weighted by Gasteiger charge is -2.18. The standard InChI is InChI=1S/C21H23ClN4O4S/c1-12-6-7-15(8-13(12)2)26-14(3)23-24-21(26)31-20(11-25(27)28)16-9-18(29-4)19(30-5)10-17(16)22/h6-10,20H,11H2,1-5H3/t20-/m1/s1. The van der Waals surface area contributed by atoms with E-state index in [1.807, 2.05) is 43.5 Å². The van der Waals surface area contributed by atoms with Gasteiger partial charge in [-0.15, -0.1) is 10.2 Å². The molecule has 0 amide bonds. The number of aromatic nitrogens is 3. The van der Waals surface area contributed by atoms with E-state index in [2.05, 4.69) is 10.2 Å². The summed E-state index contributed by atoms with van der Waals surface area (Å²) in [5.41, 5.74) is 3.76. The Balaban J connectivity index is 2.06. The minimum atomic E-state index is -0.615. The van der Waals surface area contributed by atoms with Crippen molar-refractivity contribution in [2.45, 2.75) is 31.2 Å². The summed E-state index contributed by atoms with van der Waals surface area (Å²) in [5.74, 6) is 1.59. The van der Waals surface area contributed by atoms with E-state index in [9.17, 15) is 10.1 Å². The van der Waals surface area contributed by atoms with Gasteiger partial charge < -0.3 is 9.47 Å². The highest BCUT2D eigenvalue weighted by Gasteiger charge is 2.27. The van der Waals surface area contributed by atoms with E-state index in [1.54, 1.807) is 12.1 Å². The molecule has 0 saturated heterocycles. The highest BCUT2D eigenvalue weighted by molar-refractivity contribution is 7.99. The van der Waals surface area contributed by atoms with Gasteiger partial charge in [-0.25, -0.2) is 0 Å². The van der Waals surface area contributed by atoms with E-state index in [0.29, 0.717) is 33.1 Å². The summed E-state index contributed by atoms with van der Waals surface area (Å²) < 4.78 is 12.5. The molecule has 0 bridgehead atoms. The van der Waals surface area contributed by atoms with Crippen LogP contribution >= 0.6 is 23.4 Å². The molecule has 3 aromatic rings. The number of ether oxygens (including phenoxy) is 2. The van der Waals surface area contributed by atoms with Crippen LogP contribution in [0, 0.1) is 30.9 Å². The van der Waals surface area contributed by atoms with Crippen LogP contribution in [0.5, 0.6) is 11.5 Å². The number of rotatable bonds is 8. The molecule has 1 atom stereocenters. The molecule has 0 N–H and O–H groups in total. The maximum absolute atomic E-state index is 11.5. The van der Waals surface area contributed by atoms with Gasteiger partial charge in [-0.05, 0) is 55.7 Å². The molecular formula is C21H23ClN4O4S. The number of nitro groups is 1. The molecule has 0 fully saturated rings. The zero-order valence-corrected chi connectivity index (χ0v) is 19.5. The van der Waals surface area contributed by atoms with Crippen molar-refractivity contribution in [2.75, 3.05) is 20.8 Å². The van der Waals surface area contributed by atoms with Gasteiger partial charge >= 0.3 is 0 Å². The van der Waals surface area contributed by atoms with E-state index >= 15 is 0 Å². The molecular weight excluding hydrogens is 440 g/mol. The molecule has 2 aromatic carbocycles. The van der Waals surface area contributed by atoms with Crippen LogP contribution in [0.4, 0.5) is 0 Å². The molecule has 0 unspecified atom stereocenters. The van der Waals surface area contributed by atoms with Crippen LogP contribution in [0.2, 0.25) is 5.02 Å². The van der Waals surface area contributed by atoms with Crippen molar-refractivity contribution in [3.63, 3.8) is 0 Å². The number of benzene rings is 2. The Hall–Kier alpha value is -2.78. The van der Waals surface area contributed by atoms with Gasteiger partial charge in [0.05, 0.1) is 14.2 Å². The summed E-state index contributed by atoms with van der Waals surface area (Å²) in [6.07, 6.45) is 0. The molecule has 8 nitrogen and oxygen atoms in total. The summed E-state index contributed by atoms with van der Waals surface area (Å²) in [6, 6.07) is 9.32. The van der Waals surface area contributed by atoms with Gasteiger partial charge in [-0.3, -0.25) is 14.7 Å². The molecule has 10 heteroatoms. The quantitative estimate of drug-likeness (QED) is 0.265. The van der Waals surface area contributed by atoms with Gasteiger partial charge in [0.1, 0.15) is 11.1 Å². The molecule has 3 rings (SSSR count). The van der Waals surface area contributed by atoms with Crippen LogP contribution in [0.15, 0.2) is 35.5 Å². The Bertz CT molecular complexity index is 1120. The lowest BCUT2D eigenvalue weighted by atomic mass is 10.1. The van der Waals surface area contributed by atoms with Crippen molar-refractivity contribution in [3.8, 4) is 17.2 Å². The molecule has 0 aliphatic heterocycles. The lowest BCUT2D eigenvalue weighted by molar-refractivity contribution is -0.479. The van der Waals surface area contributed by atoms with Crippen molar-refractivity contribution < 1.29 is 14.4 Å². The van der Waals surface area contributed by atoms with E-state index in [4.69, 9.17) is 21.1 Å². The van der Waals surface area contributed by atoms with Gasteiger partial charge in [-0.2, -0.15) is 0 Å². The van der Waals surface area contributed by atoms with Crippen molar-refractivity contribution in [3.05, 3.63) is 68.0 Å². The first-order valence-corrected chi connectivity index (χ1v) is 10.7. The Morgan fingerprint density at radius 2 is 1.77 bits per heavy atom. The predicted octanol–water partition coefficient (Wildman–Crippen LogP) is 4.97. The SMILES string of the molecule is COc1cc(Cl)c([C@@H](C[N+](=O)[O-])Sc2nnc(C)n2-c2ccc(C)c(C)c2)cc1OC. The number of hydrogen-bond acceptors (Lipinski definition) is 7. The van der Waals surface area contributed by atoms with Gasteiger partial charge in [-0.1, -0.05) is 29.4 Å². The van der Waals surface area contributed by atoms with Gasteiger partial charge in [0.2, 0.25) is 6.54 Å². The van der Waals surface area contributed by atoms with Crippen LogP contribution in [-0.4, -0.2) is 40.5 Å². The van der Waals surface area contributed by atoms with Gasteiger partial charge in [0.15, 0.2) is 16.7 Å². The Labute approximate surface area is 189 Å². The molecule has 0 aliphatic rings. The highest BCUT2D eigenvalue weighted by Crippen LogP contribution is 2.43. The van der Waals surface area contributed by atoms with E-state index in [1.165, 1.54) is 31.5 Å². The van der Waals surface area contributed by atoms with E-state index in [0.717, 1.165) is 11.3 Å². The summed E-state index contributed by atoms with van der Waals surface area (Å²) in [5, 5.41) is 20.2. The highest BCUT2D eigenvalue weighted by atomic mass is 35.5. The molecule has 31 heavy (non-hydrogen) atoms. The average Bonchev–Trinajstić information content (AvgIpc) is 3.09. The molecule has 0 radical (unpaired) electrons. The fraction of sp³-hybridized carbons (Fsp3) is 0.333. The predicted molar refractivity (Wildman–Crippen MR) is 121 cm³/mol. The molecule has 0 spiro atoms. The summed E-state index contributed by atoms with van der Waals surface area (Å²) in [4.78, 5) is 11.1. The Morgan fingerprint density at radius 3 is 2.39 bits per heavy atom. The summed E-state index contributed by atoms with van der Waals surface area (Å²) >= 11 is 7.70. The van der Waals surface area contributed by atoms with Crippen LogP contribution in [0.25, 0.3) is 5.69 Å². The first-order valence-electron chi connectivity index (χ1n) is 9.44. The third-order valence-corrected chi connectivity index (χ3v) is 6.45. The third-order valence-electron chi connectivity index (χ3n) is 4.96. The average molecular weight is 463 g/mol. The summed E-state index contributed by atoms with van der Waals surface area (Å²) in [7, 11) is 3.01. The second-order valence-corrected chi connectivity index (χ2v) is 8.56. The Kier molecular flexibility index (Phi) is 7.07. The molecule has 1 heterocycles. The number of halogens is 1. The fourth-order valence-electron chi connectivity index (χ4n) is 3.16. The van der Waals surface area contributed by atoms with Crippen LogP contribution in [-0.2, 0) is 0 Å². The van der Waals surface area contributed by atoms with E-state index in [-0.39, 0.29) is 11.5 Å². The zero-order valence-electron chi connectivity index (χ0n) is 17.9. The van der Waals surface area contributed by atoms with Crippen LogP contribution < -0.4 is 9.47 Å². The number of nitrogens with zero attached hydrogens (tertiary/aromatic N) is 4. The van der Waals surface area contributed by atoms with Crippen LogP contribution in [0.1, 0.15) is 27.8 Å². The minimum absolute atomic E-state index is 0.349. The van der Waals surface area contributed by atoms with Gasteiger partial charge in [0.25, 0.3) is 0 Å². The van der Waals surface area contributed by atoms with Crippen LogP contribution in [0.3, 0.4) is 0 Å². The smallest absolute Gasteiger partial charge is 0.220 e. The van der Waals surface area contributed by atoms with Crippen molar-refractivity contribution in [1.82, 2.24) is 14.8 Å². The number of hydrogen-bond donors (Lipinski definition) is 0. The fourth-order valence-corrected chi connectivity index (χ4v) is 4.71. The second-order valence-electron chi connectivity index (χ2n) is 6.98. The number of methoxy groups -OCH3 is 2. The molecule has 0 aliphatic carbocycles. The second kappa shape index (κ2) is 9.57. The monoisotopic (exact) mass is 462 g/mol. The minimum Gasteiger partial charge on any atom is -0.493 e. The van der Waals surface area contributed by atoms with Gasteiger partial charge in [0, 0.05) is 21.7 Å². The normalized spacial score (nSPS) is 11.9. The third kappa shape index (κ3) is 4.94. The van der Waals surface area contributed by atoms with Crippen molar-refractivity contribution in [2.24, 2.45) is 0 Å². The largest absolute Gasteiger partial charge is 0.493 e. The van der Waals surface area contributed by atoms with Crippen molar-refractivity contribution in [1.29, 1.82) is 0 Å². The Morgan fingerprint density at radius 1 is 1.10 bits per heavy atom.